The third-order valence-electron chi connectivity index (χ3n) is 2.18. The van der Waals surface area contributed by atoms with E-state index in [4.69, 9.17) is 9.47 Å². The Morgan fingerprint density at radius 3 is 2.53 bits per heavy atom. The third kappa shape index (κ3) is 3.57. The molecule has 0 fully saturated rings. The number of carbonyl (C=O) groups excluding carboxylic acids is 2. The molecule has 0 saturated carbocycles. The molecule has 0 radical (unpaired) electrons. The Kier molecular flexibility index (Phi) is 4.66. The second-order valence-corrected chi connectivity index (χ2v) is 3.45. The van der Waals surface area contributed by atoms with E-state index in [0.717, 1.165) is 0 Å². The van der Waals surface area contributed by atoms with Gasteiger partial charge in [-0.2, -0.15) is 0 Å². The van der Waals surface area contributed by atoms with Crippen molar-refractivity contribution in [1.29, 1.82) is 0 Å². The van der Waals surface area contributed by atoms with Crippen LogP contribution in [0.25, 0.3) is 0 Å². The number of Topliss-reactive ketones (excluding diaryl/α,β-unsaturated/α-hetero) is 1. The van der Waals surface area contributed by atoms with E-state index in [9.17, 15) is 9.59 Å². The molecule has 1 atom stereocenters. The zero-order valence-electron chi connectivity index (χ0n) is 10.0. The smallest absolute Gasteiger partial charge is 0.261 e. The maximum absolute atomic E-state index is 11.7. The summed E-state index contributed by atoms with van der Waals surface area (Å²) in [5.74, 6) is -0.208. The normalized spacial score (nSPS) is 11.7. The van der Waals surface area contributed by atoms with Gasteiger partial charge < -0.3 is 14.8 Å². The molecule has 92 valence electrons. The van der Waals surface area contributed by atoms with Gasteiger partial charge in [-0.05, 0) is 19.1 Å². The number of hydrogen-bond acceptors (Lipinski definition) is 4. The predicted molar refractivity (Wildman–Crippen MR) is 63.1 cm³/mol. The summed E-state index contributed by atoms with van der Waals surface area (Å²) < 4.78 is 9.83. The van der Waals surface area contributed by atoms with Crippen molar-refractivity contribution in [3.63, 3.8) is 0 Å². The van der Waals surface area contributed by atoms with Gasteiger partial charge in [-0.25, -0.2) is 0 Å². The monoisotopic (exact) mass is 237 g/mol. The lowest BCUT2D eigenvalue weighted by Gasteiger charge is -2.12. The highest BCUT2D eigenvalue weighted by molar-refractivity contribution is 6.09. The fourth-order valence-corrected chi connectivity index (χ4v) is 1.37. The number of methoxy groups -OCH3 is 2. The SMILES string of the molecule is COc1cccc(NC(=O)C(OC)C(C)=O)c1. The number of amides is 1. The van der Waals surface area contributed by atoms with Gasteiger partial charge in [0.05, 0.1) is 7.11 Å². The van der Waals surface area contributed by atoms with Crippen molar-refractivity contribution in [2.75, 3.05) is 19.5 Å². The number of nitrogens with one attached hydrogen (secondary N) is 1. The summed E-state index contributed by atoms with van der Waals surface area (Å²) in [6.07, 6.45) is -1.08. The molecular weight excluding hydrogens is 222 g/mol. The number of benzene rings is 1. The van der Waals surface area contributed by atoms with Crippen molar-refractivity contribution >= 4 is 17.4 Å². The van der Waals surface area contributed by atoms with Gasteiger partial charge in [0.1, 0.15) is 5.75 Å². The highest BCUT2D eigenvalue weighted by Gasteiger charge is 2.22. The largest absolute Gasteiger partial charge is 0.497 e. The number of anilines is 1. The molecule has 17 heavy (non-hydrogen) atoms. The number of hydrogen-bond donors (Lipinski definition) is 1. The van der Waals surface area contributed by atoms with Crippen LogP contribution in [0.3, 0.4) is 0 Å². The minimum Gasteiger partial charge on any atom is -0.497 e. The van der Waals surface area contributed by atoms with E-state index < -0.39 is 12.0 Å². The fraction of sp³-hybridized carbons (Fsp3) is 0.333. The van der Waals surface area contributed by atoms with Crippen LogP contribution in [0.4, 0.5) is 5.69 Å². The molecule has 0 spiro atoms. The van der Waals surface area contributed by atoms with E-state index in [1.54, 1.807) is 24.3 Å². The predicted octanol–water partition coefficient (Wildman–Crippen LogP) is 1.24. The van der Waals surface area contributed by atoms with Gasteiger partial charge in [-0.15, -0.1) is 0 Å². The van der Waals surface area contributed by atoms with Crippen molar-refractivity contribution in [2.45, 2.75) is 13.0 Å². The molecular formula is C12H15NO4. The molecule has 0 bridgehead atoms. The molecule has 0 heterocycles. The van der Waals surface area contributed by atoms with Crippen LogP contribution in [-0.2, 0) is 14.3 Å². The first-order valence-corrected chi connectivity index (χ1v) is 5.06. The summed E-state index contributed by atoms with van der Waals surface area (Å²) in [6.45, 7) is 1.30. The Morgan fingerprint density at radius 1 is 1.29 bits per heavy atom. The van der Waals surface area contributed by atoms with Crippen molar-refractivity contribution in [3.8, 4) is 5.75 Å². The van der Waals surface area contributed by atoms with Gasteiger partial charge in [0.25, 0.3) is 5.91 Å². The van der Waals surface area contributed by atoms with E-state index in [1.165, 1.54) is 21.1 Å². The van der Waals surface area contributed by atoms with E-state index >= 15 is 0 Å². The molecule has 1 N–H and O–H groups in total. The second kappa shape index (κ2) is 6.00. The third-order valence-corrected chi connectivity index (χ3v) is 2.18. The van der Waals surface area contributed by atoms with E-state index in [0.29, 0.717) is 11.4 Å². The summed E-state index contributed by atoms with van der Waals surface area (Å²) in [6, 6.07) is 6.86. The molecule has 5 nitrogen and oxygen atoms in total. The van der Waals surface area contributed by atoms with Crippen LogP contribution in [-0.4, -0.2) is 32.0 Å². The second-order valence-electron chi connectivity index (χ2n) is 3.45. The average molecular weight is 237 g/mol. The van der Waals surface area contributed by atoms with Gasteiger partial charge in [-0.3, -0.25) is 9.59 Å². The molecule has 1 amide bonds. The Balaban J connectivity index is 2.76. The lowest BCUT2D eigenvalue weighted by molar-refractivity contribution is -0.137. The molecule has 0 aromatic heterocycles. The van der Waals surface area contributed by atoms with Crippen LogP contribution in [0, 0.1) is 0 Å². The molecule has 1 unspecified atom stereocenters. The van der Waals surface area contributed by atoms with E-state index in [1.807, 2.05) is 0 Å². The summed E-state index contributed by atoms with van der Waals surface area (Å²) in [5.41, 5.74) is 0.553. The number of rotatable bonds is 5. The van der Waals surface area contributed by atoms with Gasteiger partial charge in [-0.1, -0.05) is 6.07 Å². The van der Waals surface area contributed by atoms with E-state index in [2.05, 4.69) is 5.32 Å². The van der Waals surface area contributed by atoms with Gasteiger partial charge >= 0.3 is 0 Å². The Labute approximate surface area is 99.7 Å². The lowest BCUT2D eigenvalue weighted by atomic mass is 10.2. The summed E-state index contributed by atoms with van der Waals surface area (Å²) in [5, 5.41) is 2.58. The van der Waals surface area contributed by atoms with Crippen LogP contribution in [0.5, 0.6) is 5.75 Å². The van der Waals surface area contributed by atoms with Crippen molar-refractivity contribution in [2.24, 2.45) is 0 Å². The first-order chi connectivity index (χ1) is 8.08. The fourth-order valence-electron chi connectivity index (χ4n) is 1.37. The van der Waals surface area contributed by atoms with Crippen LogP contribution in [0.2, 0.25) is 0 Å². The molecule has 0 aliphatic heterocycles. The summed E-state index contributed by atoms with van der Waals surface area (Å²) in [7, 11) is 2.85. The number of ketones is 1. The van der Waals surface area contributed by atoms with Gasteiger partial charge in [0.15, 0.2) is 11.9 Å². The van der Waals surface area contributed by atoms with Crippen molar-refractivity contribution < 1.29 is 19.1 Å². The first kappa shape index (κ1) is 13.2. The van der Waals surface area contributed by atoms with Crippen molar-refractivity contribution in [1.82, 2.24) is 0 Å². The Bertz CT molecular complexity index is 417. The van der Waals surface area contributed by atoms with Crippen LogP contribution >= 0.6 is 0 Å². The lowest BCUT2D eigenvalue weighted by Crippen LogP contribution is -2.35. The minimum atomic E-state index is -1.08. The number of ether oxygens (including phenoxy) is 2. The first-order valence-electron chi connectivity index (χ1n) is 5.06. The highest BCUT2D eigenvalue weighted by atomic mass is 16.5. The Hall–Kier alpha value is -1.88. The Morgan fingerprint density at radius 2 is 2.00 bits per heavy atom. The quantitative estimate of drug-likeness (QED) is 0.782. The van der Waals surface area contributed by atoms with Crippen molar-refractivity contribution in [3.05, 3.63) is 24.3 Å². The average Bonchev–Trinajstić information content (AvgIpc) is 2.29. The number of carbonyl (C=O) groups is 2. The molecule has 1 aromatic carbocycles. The molecule has 5 heteroatoms. The maximum Gasteiger partial charge on any atom is 0.261 e. The topological polar surface area (TPSA) is 64.6 Å². The zero-order valence-corrected chi connectivity index (χ0v) is 10.0. The molecule has 1 rings (SSSR count). The zero-order chi connectivity index (χ0) is 12.8. The molecule has 0 aliphatic rings. The highest BCUT2D eigenvalue weighted by Crippen LogP contribution is 2.17. The standard InChI is InChI=1S/C12H15NO4/c1-8(14)11(17-3)12(15)13-9-5-4-6-10(7-9)16-2/h4-7,11H,1-3H3,(H,13,15). The van der Waals surface area contributed by atoms with Crippen LogP contribution < -0.4 is 10.1 Å². The summed E-state index contributed by atoms with van der Waals surface area (Å²) >= 11 is 0. The van der Waals surface area contributed by atoms with Gasteiger partial charge in [0.2, 0.25) is 0 Å². The molecule has 1 aromatic rings. The van der Waals surface area contributed by atoms with E-state index in [-0.39, 0.29) is 5.78 Å². The molecule has 0 saturated heterocycles. The molecule has 0 aliphatic carbocycles. The minimum absolute atomic E-state index is 0.340. The van der Waals surface area contributed by atoms with Gasteiger partial charge in [0, 0.05) is 18.9 Å². The van der Waals surface area contributed by atoms with Crippen LogP contribution in [0.1, 0.15) is 6.92 Å². The maximum atomic E-state index is 11.7. The summed E-state index contributed by atoms with van der Waals surface area (Å²) in [4.78, 5) is 22.8. The van der Waals surface area contributed by atoms with Crippen LogP contribution in [0.15, 0.2) is 24.3 Å².